The topological polar surface area (TPSA) is 103 Å². The van der Waals surface area contributed by atoms with Crippen molar-refractivity contribution in [3.63, 3.8) is 0 Å². The Balaban J connectivity index is 1.34. The molecule has 10 heteroatoms. The summed E-state index contributed by atoms with van der Waals surface area (Å²) in [5.41, 5.74) is 5.37. The van der Waals surface area contributed by atoms with E-state index in [2.05, 4.69) is 16.9 Å². The first-order valence-electron chi connectivity index (χ1n) is 13.5. The molecule has 2 aliphatic rings. The second kappa shape index (κ2) is 10.5. The number of hydrogen-bond donors (Lipinski definition) is 2. The molecule has 0 fully saturated rings. The molecule has 9 nitrogen and oxygen atoms in total. The van der Waals surface area contributed by atoms with Crippen molar-refractivity contribution in [1.82, 2.24) is 19.7 Å². The second-order valence-corrected chi connectivity index (χ2v) is 10.4. The van der Waals surface area contributed by atoms with Gasteiger partial charge in [-0.1, -0.05) is 31.7 Å². The zero-order valence-corrected chi connectivity index (χ0v) is 22.6. The van der Waals surface area contributed by atoms with E-state index in [1.54, 1.807) is 51.0 Å². The van der Waals surface area contributed by atoms with E-state index >= 15 is 0 Å². The third-order valence-electron chi connectivity index (χ3n) is 7.66. The number of amides is 3. The lowest BCUT2D eigenvalue weighted by Crippen LogP contribution is -2.38. The molecule has 3 amide bonds. The summed E-state index contributed by atoms with van der Waals surface area (Å²) < 4.78 is 15.3. The number of halogens is 1. The van der Waals surface area contributed by atoms with Crippen LogP contribution < -0.4 is 10.2 Å². The molecular weight excluding hydrogens is 523 g/mol. The van der Waals surface area contributed by atoms with Gasteiger partial charge in [0, 0.05) is 47.8 Å². The number of nitrogens with zero attached hydrogens (tertiary/aromatic N) is 4. The molecule has 4 aromatic rings. The number of rotatable bonds is 6. The molecule has 0 spiro atoms. The standard InChI is InChI=1S/C31H29FN6O3/c1-3-27(39)37-14-12-21-8-11-23(15-26(21)37)34-30(40)28-24-18-36(31(41)25-5-4-13-33-25)16-19(2)29(24)38(35-28)17-20-6-9-22(32)10-7-20/h3-11,13,15,19,33H,1,12,14,16-18H2,2H3,(H,34,40). The van der Waals surface area contributed by atoms with E-state index < -0.39 is 5.91 Å². The van der Waals surface area contributed by atoms with E-state index in [1.165, 1.54) is 18.2 Å². The molecule has 2 aliphatic heterocycles. The highest BCUT2D eigenvalue weighted by atomic mass is 19.1. The maximum absolute atomic E-state index is 13.7. The van der Waals surface area contributed by atoms with E-state index in [0.29, 0.717) is 36.6 Å². The molecule has 0 saturated carbocycles. The van der Waals surface area contributed by atoms with Crippen molar-refractivity contribution in [2.24, 2.45) is 0 Å². The van der Waals surface area contributed by atoms with Gasteiger partial charge in [-0.3, -0.25) is 19.1 Å². The van der Waals surface area contributed by atoms with Crippen LogP contribution in [0.25, 0.3) is 0 Å². The van der Waals surface area contributed by atoms with Gasteiger partial charge in [-0.05, 0) is 60.0 Å². The minimum atomic E-state index is -0.417. The lowest BCUT2D eigenvalue weighted by molar-refractivity contribution is -0.114. The summed E-state index contributed by atoms with van der Waals surface area (Å²) in [4.78, 5) is 45.6. The fourth-order valence-corrected chi connectivity index (χ4v) is 5.73. The monoisotopic (exact) mass is 552 g/mol. The first-order chi connectivity index (χ1) is 19.8. The Kier molecular flexibility index (Phi) is 6.74. The van der Waals surface area contributed by atoms with E-state index in [4.69, 9.17) is 5.10 Å². The minimum absolute atomic E-state index is 0.106. The maximum atomic E-state index is 13.7. The summed E-state index contributed by atoms with van der Waals surface area (Å²) >= 11 is 0. The van der Waals surface area contributed by atoms with Crippen LogP contribution in [0.1, 0.15) is 56.2 Å². The normalized spacial score (nSPS) is 15.8. The van der Waals surface area contributed by atoms with Gasteiger partial charge in [0.15, 0.2) is 5.69 Å². The number of carbonyl (C=O) groups excluding carboxylic acids is 3. The van der Waals surface area contributed by atoms with Crippen LogP contribution in [-0.4, -0.2) is 50.5 Å². The number of aromatic amines is 1. The largest absolute Gasteiger partial charge is 0.357 e. The molecule has 0 radical (unpaired) electrons. The van der Waals surface area contributed by atoms with Crippen LogP contribution in [0.3, 0.4) is 0 Å². The third-order valence-corrected chi connectivity index (χ3v) is 7.66. The highest BCUT2D eigenvalue weighted by Crippen LogP contribution is 2.34. The molecule has 0 saturated heterocycles. The molecule has 1 unspecified atom stereocenters. The Morgan fingerprint density at radius 1 is 1.17 bits per heavy atom. The average molecular weight is 553 g/mol. The number of nitrogens with one attached hydrogen (secondary N) is 2. The molecule has 41 heavy (non-hydrogen) atoms. The van der Waals surface area contributed by atoms with Gasteiger partial charge in [-0.2, -0.15) is 5.10 Å². The Bertz CT molecular complexity index is 1660. The maximum Gasteiger partial charge on any atom is 0.276 e. The van der Waals surface area contributed by atoms with Gasteiger partial charge in [0.1, 0.15) is 11.5 Å². The van der Waals surface area contributed by atoms with Crippen LogP contribution in [0.5, 0.6) is 0 Å². The zero-order valence-electron chi connectivity index (χ0n) is 22.6. The summed E-state index contributed by atoms with van der Waals surface area (Å²) in [5.74, 6) is -1.20. The third kappa shape index (κ3) is 4.93. The Morgan fingerprint density at radius 2 is 1.98 bits per heavy atom. The van der Waals surface area contributed by atoms with Gasteiger partial charge in [-0.25, -0.2) is 4.39 Å². The summed E-state index contributed by atoms with van der Waals surface area (Å²) in [5, 5.41) is 7.68. The first kappa shape index (κ1) is 26.2. The van der Waals surface area contributed by atoms with E-state index in [-0.39, 0.29) is 35.8 Å². The Hall–Kier alpha value is -4.99. The predicted octanol–water partition coefficient (Wildman–Crippen LogP) is 4.49. The predicted molar refractivity (Wildman–Crippen MR) is 152 cm³/mol. The average Bonchev–Trinajstić information content (AvgIpc) is 3.73. The minimum Gasteiger partial charge on any atom is -0.357 e. The van der Waals surface area contributed by atoms with Gasteiger partial charge >= 0.3 is 0 Å². The zero-order chi connectivity index (χ0) is 28.7. The molecule has 208 valence electrons. The number of carbonyl (C=O) groups is 3. The fourth-order valence-electron chi connectivity index (χ4n) is 5.73. The molecule has 0 aliphatic carbocycles. The van der Waals surface area contributed by atoms with Crippen molar-refractivity contribution in [3.8, 4) is 0 Å². The molecule has 1 atom stereocenters. The van der Waals surface area contributed by atoms with Crippen molar-refractivity contribution < 1.29 is 18.8 Å². The Labute approximate surface area is 236 Å². The van der Waals surface area contributed by atoms with Gasteiger partial charge < -0.3 is 20.1 Å². The molecule has 6 rings (SSSR count). The van der Waals surface area contributed by atoms with Gasteiger partial charge in [0.2, 0.25) is 5.91 Å². The lowest BCUT2D eigenvalue weighted by atomic mass is 9.95. The smallest absolute Gasteiger partial charge is 0.276 e. The number of anilines is 2. The quantitative estimate of drug-likeness (QED) is 0.344. The van der Waals surface area contributed by atoms with Crippen LogP contribution in [0.4, 0.5) is 15.8 Å². The van der Waals surface area contributed by atoms with Crippen molar-refractivity contribution in [1.29, 1.82) is 0 Å². The summed E-state index contributed by atoms with van der Waals surface area (Å²) in [6.07, 6.45) is 3.71. The second-order valence-electron chi connectivity index (χ2n) is 10.4. The van der Waals surface area contributed by atoms with Crippen LogP contribution in [0.2, 0.25) is 0 Å². The SMILES string of the molecule is C=CC(=O)N1CCc2ccc(NC(=O)c3nn(Cc4ccc(F)cc4)c4c3CN(C(=O)c3ccc[nH]3)CC4C)cc21. The van der Waals surface area contributed by atoms with Gasteiger partial charge in [0.25, 0.3) is 11.8 Å². The van der Waals surface area contributed by atoms with Crippen LogP contribution in [0, 0.1) is 5.82 Å². The number of aromatic nitrogens is 3. The number of H-pyrrole nitrogens is 1. The summed E-state index contributed by atoms with van der Waals surface area (Å²) in [6, 6.07) is 15.2. The highest BCUT2D eigenvalue weighted by molar-refractivity contribution is 6.06. The van der Waals surface area contributed by atoms with Crippen LogP contribution >= 0.6 is 0 Å². The van der Waals surface area contributed by atoms with Gasteiger partial charge in [0.05, 0.1) is 13.1 Å². The van der Waals surface area contributed by atoms with Crippen molar-refractivity contribution >= 4 is 29.1 Å². The van der Waals surface area contributed by atoms with E-state index in [0.717, 1.165) is 28.9 Å². The molecular formula is C31H29FN6O3. The number of hydrogen-bond acceptors (Lipinski definition) is 4. The van der Waals surface area contributed by atoms with Crippen LogP contribution in [-0.2, 0) is 24.3 Å². The van der Waals surface area contributed by atoms with E-state index in [1.807, 2.05) is 19.1 Å². The van der Waals surface area contributed by atoms with Crippen molar-refractivity contribution in [2.75, 3.05) is 23.3 Å². The Morgan fingerprint density at radius 3 is 2.71 bits per heavy atom. The lowest BCUT2D eigenvalue weighted by Gasteiger charge is -2.32. The van der Waals surface area contributed by atoms with E-state index in [9.17, 15) is 18.8 Å². The fraction of sp³-hybridized carbons (Fsp3) is 0.226. The van der Waals surface area contributed by atoms with Gasteiger partial charge in [-0.15, -0.1) is 0 Å². The van der Waals surface area contributed by atoms with Crippen molar-refractivity contribution in [2.45, 2.75) is 32.4 Å². The molecule has 2 aromatic heterocycles. The highest BCUT2D eigenvalue weighted by Gasteiger charge is 2.35. The number of fused-ring (bicyclic) bond motifs is 2. The molecule has 2 aromatic carbocycles. The summed E-state index contributed by atoms with van der Waals surface area (Å²) in [7, 11) is 0. The molecule has 0 bridgehead atoms. The van der Waals surface area contributed by atoms with Crippen LogP contribution in [0.15, 0.2) is 73.4 Å². The first-order valence-corrected chi connectivity index (χ1v) is 13.5. The summed E-state index contributed by atoms with van der Waals surface area (Å²) in [6.45, 7) is 7.17. The molecule has 4 heterocycles. The molecule has 2 N–H and O–H groups in total. The number of benzene rings is 2. The van der Waals surface area contributed by atoms with Crippen molar-refractivity contribution in [3.05, 3.63) is 113 Å².